The van der Waals surface area contributed by atoms with Crippen LogP contribution in [-0.4, -0.2) is 27.5 Å². The number of benzene rings is 1. The molecule has 0 saturated heterocycles. The average molecular weight is 387 g/mol. The fourth-order valence-electron chi connectivity index (χ4n) is 3.69. The minimum absolute atomic E-state index is 0.196. The Morgan fingerprint density at radius 2 is 1.75 bits per heavy atom. The lowest BCUT2D eigenvalue weighted by atomic mass is 9.75. The summed E-state index contributed by atoms with van der Waals surface area (Å²) in [6, 6.07) is 2.08. The van der Waals surface area contributed by atoms with E-state index in [0.29, 0.717) is 18.9 Å². The van der Waals surface area contributed by atoms with Crippen LogP contribution < -0.4 is 0 Å². The van der Waals surface area contributed by atoms with E-state index in [9.17, 15) is 9.90 Å². The molecule has 2 aromatic rings. The maximum Gasteiger partial charge on any atom is 0.302 e. The Labute approximate surface area is 168 Å². The first-order valence-corrected chi connectivity index (χ1v) is 9.78. The normalized spacial score (nSPS) is 12.3. The number of aromatic hydroxyl groups is 1. The van der Waals surface area contributed by atoms with E-state index < -0.39 is 0 Å². The van der Waals surface area contributed by atoms with E-state index in [-0.39, 0.29) is 16.8 Å². The number of nitrogens with zero attached hydrogens (tertiary/aromatic N) is 2. The summed E-state index contributed by atoms with van der Waals surface area (Å²) in [7, 11) is 0. The van der Waals surface area contributed by atoms with Crippen molar-refractivity contribution in [3.05, 3.63) is 34.5 Å². The predicted octanol–water partition coefficient (Wildman–Crippen LogP) is 5.03. The average Bonchev–Trinajstić information content (AvgIpc) is 2.85. The number of hydrogen-bond acceptors (Lipinski definition) is 4. The number of esters is 1. The van der Waals surface area contributed by atoms with Crippen molar-refractivity contribution in [1.29, 1.82) is 0 Å². The number of rotatable bonds is 4. The number of phenols is 1. The summed E-state index contributed by atoms with van der Waals surface area (Å²) in [4.78, 5) is 11.0. The maximum absolute atomic E-state index is 11.1. The Balaban J connectivity index is 2.63. The van der Waals surface area contributed by atoms with Gasteiger partial charge in [-0.05, 0) is 41.9 Å². The fraction of sp³-hybridized carbons (Fsp3) is 0.565. The third-order valence-corrected chi connectivity index (χ3v) is 4.94. The summed E-state index contributed by atoms with van der Waals surface area (Å²) in [5.41, 5.74) is 5.53. The van der Waals surface area contributed by atoms with E-state index in [1.54, 1.807) is 0 Å². The van der Waals surface area contributed by atoms with Crippen molar-refractivity contribution < 1.29 is 14.6 Å². The molecule has 1 aromatic carbocycles. The van der Waals surface area contributed by atoms with Crippen LogP contribution in [0.25, 0.3) is 11.3 Å². The van der Waals surface area contributed by atoms with E-state index >= 15 is 0 Å². The lowest BCUT2D eigenvalue weighted by Crippen LogP contribution is -2.19. The van der Waals surface area contributed by atoms with Gasteiger partial charge in [0.15, 0.2) is 0 Å². The molecule has 1 heterocycles. The van der Waals surface area contributed by atoms with Crippen molar-refractivity contribution in [1.82, 2.24) is 9.78 Å². The van der Waals surface area contributed by atoms with Crippen LogP contribution in [0.4, 0.5) is 0 Å². The molecule has 28 heavy (non-hydrogen) atoms. The number of carbonyl (C=O) groups excluding carboxylic acids is 1. The standard InChI is InChI=1S/C23H34N2O3/c1-14-13-25(10-11-28-16(3)26)24-20(14)17-12-18(22(4,5)6)21(27)19(15(17)2)23(7,8)9/h12-13,27H,10-11H2,1-9H3. The highest BCUT2D eigenvalue weighted by Gasteiger charge is 2.30. The summed E-state index contributed by atoms with van der Waals surface area (Å²) >= 11 is 0. The van der Waals surface area contributed by atoms with Gasteiger partial charge in [0.1, 0.15) is 12.4 Å². The van der Waals surface area contributed by atoms with Gasteiger partial charge in [0, 0.05) is 29.8 Å². The maximum atomic E-state index is 11.1. The van der Waals surface area contributed by atoms with Crippen molar-refractivity contribution in [3.8, 4) is 17.0 Å². The van der Waals surface area contributed by atoms with Crippen LogP contribution in [0.2, 0.25) is 0 Å². The lowest BCUT2D eigenvalue weighted by Gasteiger charge is -2.30. The summed E-state index contributed by atoms with van der Waals surface area (Å²) in [5, 5.41) is 15.8. The summed E-state index contributed by atoms with van der Waals surface area (Å²) < 4.78 is 6.85. The largest absolute Gasteiger partial charge is 0.507 e. The fourth-order valence-corrected chi connectivity index (χ4v) is 3.69. The van der Waals surface area contributed by atoms with E-state index in [4.69, 9.17) is 9.84 Å². The highest BCUT2D eigenvalue weighted by atomic mass is 16.5. The number of phenolic OH excluding ortho intramolecular Hbond substituents is 1. The minimum Gasteiger partial charge on any atom is -0.507 e. The molecule has 1 aromatic heterocycles. The highest BCUT2D eigenvalue weighted by Crippen LogP contribution is 2.44. The Morgan fingerprint density at radius 3 is 2.25 bits per heavy atom. The molecule has 0 aliphatic heterocycles. The van der Waals surface area contributed by atoms with Crippen molar-refractivity contribution >= 4 is 5.97 Å². The van der Waals surface area contributed by atoms with Gasteiger partial charge < -0.3 is 9.84 Å². The number of carbonyl (C=O) groups is 1. The van der Waals surface area contributed by atoms with Crippen LogP contribution >= 0.6 is 0 Å². The molecule has 0 amide bonds. The zero-order valence-corrected chi connectivity index (χ0v) is 18.7. The molecule has 0 bridgehead atoms. The van der Waals surface area contributed by atoms with Crippen LogP contribution in [-0.2, 0) is 26.9 Å². The summed E-state index contributed by atoms with van der Waals surface area (Å²) in [6.45, 7) is 19.0. The van der Waals surface area contributed by atoms with E-state index in [1.165, 1.54) is 6.92 Å². The number of aromatic nitrogens is 2. The molecule has 0 unspecified atom stereocenters. The second-order valence-electron chi connectivity index (χ2n) is 9.58. The zero-order chi connectivity index (χ0) is 21.4. The SMILES string of the molecule is CC(=O)OCCn1cc(C)c(-c2cc(C(C)(C)C)c(O)c(C(C)(C)C)c2C)n1. The first kappa shape index (κ1) is 22.0. The number of hydrogen-bond donors (Lipinski definition) is 1. The van der Waals surface area contributed by atoms with Crippen LogP contribution in [0.3, 0.4) is 0 Å². The quantitative estimate of drug-likeness (QED) is 0.749. The molecule has 5 nitrogen and oxygen atoms in total. The highest BCUT2D eigenvalue weighted by molar-refractivity contribution is 5.73. The van der Waals surface area contributed by atoms with E-state index in [0.717, 1.165) is 33.5 Å². The Bertz CT molecular complexity index is 881. The molecule has 5 heteroatoms. The van der Waals surface area contributed by atoms with Crippen LogP contribution in [0, 0.1) is 13.8 Å². The zero-order valence-electron chi connectivity index (χ0n) is 18.7. The Morgan fingerprint density at radius 1 is 1.14 bits per heavy atom. The monoisotopic (exact) mass is 386 g/mol. The molecular weight excluding hydrogens is 352 g/mol. The molecule has 0 atom stereocenters. The van der Waals surface area contributed by atoms with Gasteiger partial charge in [-0.1, -0.05) is 41.5 Å². The topological polar surface area (TPSA) is 64.3 Å². The van der Waals surface area contributed by atoms with Crippen molar-refractivity contribution in [2.24, 2.45) is 0 Å². The minimum atomic E-state index is -0.289. The van der Waals surface area contributed by atoms with Gasteiger partial charge in [-0.15, -0.1) is 0 Å². The smallest absolute Gasteiger partial charge is 0.302 e. The second-order valence-corrected chi connectivity index (χ2v) is 9.58. The summed E-state index contributed by atoms with van der Waals surface area (Å²) in [5.74, 6) is 0.0938. The van der Waals surface area contributed by atoms with Gasteiger partial charge in [-0.25, -0.2) is 0 Å². The molecule has 0 aliphatic carbocycles. The van der Waals surface area contributed by atoms with Gasteiger partial charge in [0.25, 0.3) is 0 Å². The van der Waals surface area contributed by atoms with Gasteiger partial charge in [0.2, 0.25) is 0 Å². The van der Waals surface area contributed by atoms with Crippen LogP contribution in [0.1, 0.15) is 70.7 Å². The molecule has 0 saturated carbocycles. The van der Waals surface area contributed by atoms with Crippen molar-refractivity contribution in [2.75, 3.05) is 6.61 Å². The summed E-state index contributed by atoms with van der Waals surface area (Å²) in [6.07, 6.45) is 1.97. The van der Waals surface area contributed by atoms with Gasteiger partial charge in [-0.2, -0.15) is 5.10 Å². The van der Waals surface area contributed by atoms with Crippen molar-refractivity contribution in [2.45, 2.75) is 79.7 Å². The first-order valence-electron chi connectivity index (χ1n) is 9.78. The van der Waals surface area contributed by atoms with Gasteiger partial charge in [0.05, 0.1) is 12.2 Å². The predicted molar refractivity (Wildman–Crippen MR) is 113 cm³/mol. The first-order chi connectivity index (χ1) is 12.7. The number of ether oxygens (including phenoxy) is 1. The lowest BCUT2D eigenvalue weighted by molar-refractivity contribution is -0.141. The molecule has 0 radical (unpaired) electrons. The third-order valence-electron chi connectivity index (χ3n) is 4.94. The van der Waals surface area contributed by atoms with Gasteiger partial charge >= 0.3 is 5.97 Å². The van der Waals surface area contributed by atoms with Crippen LogP contribution in [0.5, 0.6) is 5.75 Å². The molecule has 0 aliphatic rings. The number of aryl methyl sites for hydroxylation is 1. The molecular formula is C23H34N2O3. The molecule has 2 rings (SSSR count). The van der Waals surface area contributed by atoms with Crippen molar-refractivity contribution in [3.63, 3.8) is 0 Å². The van der Waals surface area contributed by atoms with Crippen LogP contribution in [0.15, 0.2) is 12.3 Å². The second kappa shape index (κ2) is 7.61. The Kier molecular flexibility index (Phi) is 5.98. The third kappa shape index (κ3) is 4.57. The van der Waals surface area contributed by atoms with E-state index in [2.05, 4.69) is 54.5 Å². The molecule has 0 fully saturated rings. The molecule has 0 spiro atoms. The molecule has 154 valence electrons. The van der Waals surface area contributed by atoms with Gasteiger partial charge in [-0.3, -0.25) is 9.48 Å². The molecule has 1 N–H and O–H groups in total. The Hall–Kier alpha value is -2.30. The van der Waals surface area contributed by atoms with E-state index in [1.807, 2.05) is 17.8 Å².